The number of carbonyl (C=O) groups excluding carboxylic acids is 1. The van der Waals surface area contributed by atoms with Gasteiger partial charge in [0.05, 0.1) is 36.3 Å². The summed E-state index contributed by atoms with van der Waals surface area (Å²) in [6.07, 6.45) is -0.198. The zero-order valence-electron chi connectivity index (χ0n) is 12.4. The molecule has 1 atom stereocenters. The summed E-state index contributed by atoms with van der Waals surface area (Å²) >= 11 is 6.10. The molecule has 0 saturated carbocycles. The fourth-order valence-electron chi connectivity index (χ4n) is 2.44. The number of hydrogen-bond donors (Lipinski definition) is 0. The number of benzene rings is 1. The van der Waals surface area contributed by atoms with Gasteiger partial charge in [-0.15, -0.1) is 0 Å². The third-order valence-electron chi connectivity index (χ3n) is 3.45. The summed E-state index contributed by atoms with van der Waals surface area (Å²) in [5.74, 6) is 0.473. The van der Waals surface area contributed by atoms with E-state index in [4.69, 9.17) is 21.1 Å². The van der Waals surface area contributed by atoms with E-state index >= 15 is 0 Å². The lowest BCUT2D eigenvalue weighted by Gasteiger charge is -2.27. The third kappa shape index (κ3) is 3.64. The van der Waals surface area contributed by atoms with E-state index in [9.17, 15) is 13.2 Å². The highest BCUT2D eigenvalue weighted by Crippen LogP contribution is 2.32. The van der Waals surface area contributed by atoms with Gasteiger partial charge in [0, 0.05) is 5.69 Å². The van der Waals surface area contributed by atoms with Crippen molar-refractivity contribution < 1.29 is 22.7 Å². The lowest BCUT2D eigenvalue weighted by molar-refractivity contribution is 0.157. The van der Waals surface area contributed by atoms with Crippen LogP contribution in [0.2, 0.25) is 5.02 Å². The molecule has 1 fully saturated rings. The molecule has 1 aromatic rings. The van der Waals surface area contributed by atoms with Crippen molar-refractivity contribution in [3.63, 3.8) is 0 Å². The molecule has 1 heterocycles. The first-order valence-electron chi connectivity index (χ1n) is 6.88. The van der Waals surface area contributed by atoms with Gasteiger partial charge < -0.3 is 9.47 Å². The monoisotopic (exact) mass is 347 g/mol. The topological polar surface area (TPSA) is 72.9 Å². The van der Waals surface area contributed by atoms with E-state index in [1.807, 2.05) is 0 Å². The molecule has 0 bridgehead atoms. The van der Waals surface area contributed by atoms with Crippen molar-refractivity contribution in [2.45, 2.75) is 19.4 Å². The smallest absolute Gasteiger partial charge is 0.414 e. The van der Waals surface area contributed by atoms with Crippen molar-refractivity contribution in [3.05, 3.63) is 23.2 Å². The Kier molecular flexibility index (Phi) is 5.18. The van der Waals surface area contributed by atoms with E-state index < -0.39 is 22.0 Å². The van der Waals surface area contributed by atoms with E-state index in [2.05, 4.69) is 0 Å². The van der Waals surface area contributed by atoms with Crippen LogP contribution < -0.4 is 9.64 Å². The second-order valence-electron chi connectivity index (χ2n) is 4.94. The van der Waals surface area contributed by atoms with Crippen LogP contribution in [0.4, 0.5) is 10.5 Å². The molecule has 1 aliphatic heterocycles. The van der Waals surface area contributed by atoms with Gasteiger partial charge in [0.15, 0.2) is 9.84 Å². The Morgan fingerprint density at radius 1 is 1.45 bits per heavy atom. The van der Waals surface area contributed by atoms with Gasteiger partial charge in [-0.25, -0.2) is 13.2 Å². The normalized spacial score (nSPS) is 19.7. The van der Waals surface area contributed by atoms with Crippen LogP contribution in [0.15, 0.2) is 18.2 Å². The first-order chi connectivity index (χ1) is 10.4. The number of nitrogens with zero attached hydrogens (tertiary/aromatic N) is 1. The van der Waals surface area contributed by atoms with Crippen LogP contribution in [0.3, 0.4) is 0 Å². The maximum Gasteiger partial charge on any atom is 0.414 e. The minimum atomic E-state index is -3.13. The molecular formula is C14H18ClNO5S. The third-order valence-corrected chi connectivity index (χ3v) is 5.50. The molecule has 8 heteroatoms. The van der Waals surface area contributed by atoms with Crippen molar-refractivity contribution in [2.24, 2.45) is 0 Å². The first-order valence-corrected chi connectivity index (χ1v) is 9.08. The number of rotatable bonds is 4. The zero-order chi connectivity index (χ0) is 16.3. The van der Waals surface area contributed by atoms with Gasteiger partial charge in [-0.2, -0.15) is 0 Å². The van der Waals surface area contributed by atoms with Gasteiger partial charge in [0.25, 0.3) is 0 Å². The number of amides is 1. The van der Waals surface area contributed by atoms with E-state index in [0.29, 0.717) is 22.9 Å². The predicted molar refractivity (Wildman–Crippen MR) is 84.6 cm³/mol. The molecular weight excluding hydrogens is 330 g/mol. The van der Waals surface area contributed by atoms with Crippen LogP contribution in [0.25, 0.3) is 0 Å². The number of halogens is 1. The number of methoxy groups -OCH3 is 1. The van der Waals surface area contributed by atoms with Gasteiger partial charge in [-0.3, -0.25) is 4.90 Å². The molecule has 2 rings (SSSR count). The quantitative estimate of drug-likeness (QED) is 0.836. The summed E-state index contributed by atoms with van der Waals surface area (Å²) in [6.45, 7) is 1.90. The lowest BCUT2D eigenvalue weighted by Crippen LogP contribution is -2.41. The van der Waals surface area contributed by atoms with Crippen molar-refractivity contribution in [1.29, 1.82) is 0 Å². The van der Waals surface area contributed by atoms with E-state index in [0.717, 1.165) is 0 Å². The second kappa shape index (κ2) is 6.75. The van der Waals surface area contributed by atoms with Crippen LogP contribution in [-0.2, 0) is 14.6 Å². The molecule has 0 radical (unpaired) electrons. The van der Waals surface area contributed by atoms with Crippen LogP contribution in [-0.4, -0.2) is 45.8 Å². The Bertz CT molecular complexity index is 661. The Hall–Kier alpha value is -1.47. The SMILES string of the molecule is CCOC(=O)N(c1ccc(OC)c(Cl)c1)C1CCS(=O)(=O)C1. The molecule has 6 nitrogen and oxygen atoms in total. The van der Waals surface area contributed by atoms with Crippen molar-refractivity contribution in [3.8, 4) is 5.75 Å². The fourth-order valence-corrected chi connectivity index (χ4v) is 4.39. The second-order valence-corrected chi connectivity index (χ2v) is 7.58. The van der Waals surface area contributed by atoms with Crippen molar-refractivity contribution >= 4 is 33.2 Å². The summed E-state index contributed by atoms with van der Waals surface area (Å²) in [5, 5.41) is 0.343. The summed E-state index contributed by atoms with van der Waals surface area (Å²) in [6, 6.07) is 4.41. The molecule has 1 aliphatic rings. The Labute approximate surface area is 134 Å². The van der Waals surface area contributed by atoms with Gasteiger partial charge in [-0.1, -0.05) is 11.6 Å². The molecule has 0 aromatic heterocycles. The van der Waals surface area contributed by atoms with Crippen LogP contribution >= 0.6 is 11.6 Å². The minimum absolute atomic E-state index is 0.0669. The molecule has 1 saturated heterocycles. The molecule has 0 spiro atoms. The molecule has 0 N–H and O–H groups in total. The lowest BCUT2D eigenvalue weighted by atomic mass is 10.2. The fraction of sp³-hybridized carbons (Fsp3) is 0.500. The van der Waals surface area contributed by atoms with Gasteiger partial charge in [0.1, 0.15) is 5.75 Å². The Morgan fingerprint density at radius 3 is 2.68 bits per heavy atom. The molecule has 122 valence electrons. The first kappa shape index (κ1) is 16.9. The van der Waals surface area contributed by atoms with Gasteiger partial charge >= 0.3 is 6.09 Å². The number of hydrogen-bond acceptors (Lipinski definition) is 5. The minimum Gasteiger partial charge on any atom is -0.495 e. The van der Waals surface area contributed by atoms with E-state index in [1.165, 1.54) is 12.0 Å². The van der Waals surface area contributed by atoms with E-state index in [1.54, 1.807) is 25.1 Å². The zero-order valence-corrected chi connectivity index (χ0v) is 14.0. The molecule has 1 aromatic carbocycles. The summed E-state index contributed by atoms with van der Waals surface area (Å²) in [7, 11) is -1.63. The maximum atomic E-state index is 12.2. The number of carbonyl (C=O) groups is 1. The highest BCUT2D eigenvalue weighted by atomic mass is 35.5. The molecule has 1 unspecified atom stereocenters. The average molecular weight is 348 g/mol. The van der Waals surface area contributed by atoms with Crippen LogP contribution in [0.1, 0.15) is 13.3 Å². The molecule has 1 amide bonds. The Morgan fingerprint density at radius 2 is 2.18 bits per heavy atom. The number of sulfone groups is 1. The van der Waals surface area contributed by atoms with Crippen LogP contribution in [0.5, 0.6) is 5.75 Å². The van der Waals surface area contributed by atoms with Crippen LogP contribution in [0, 0.1) is 0 Å². The average Bonchev–Trinajstić information content (AvgIpc) is 2.79. The van der Waals surface area contributed by atoms with Gasteiger partial charge in [0.2, 0.25) is 0 Å². The summed E-state index contributed by atoms with van der Waals surface area (Å²) in [5.41, 5.74) is 0.492. The summed E-state index contributed by atoms with van der Waals surface area (Å²) in [4.78, 5) is 13.6. The van der Waals surface area contributed by atoms with E-state index in [-0.39, 0.29) is 18.1 Å². The van der Waals surface area contributed by atoms with Gasteiger partial charge in [-0.05, 0) is 31.5 Å². The largest absolute Gasteiger partial charge is 0.495 e. The van der Waals surface area contributed by atoms with Crippen molar-refractivity contribution in [1.82, 2.24) is 0 Å². The standard InChI is InChI=1S/C14H18ClNO5S/c1-3-21-14(17)16(11-6-7-22(18,19)9-11)10-4-5-13(20-2)12(15)8-10/h4-5,8,11H,3,6-7,9H2,1-2H3. The molecule has 22 heavy (non-hydrogen) atoms. The highest BCUT2D eigenvalue weighted by molar-refractivity contribution is 7.91. The number of anilines is 1. The highest BCUT2D eigenvalue weighted by Gasteiger charge is 2.36. The Balaban J connectivity index is 2.36. The molecule has 0 aliphatic carbocycles. The maximum absolute atomic E-state index is 12.2. The number of ether oxygens (including phenoxy) is 2. The van der Waals surface area contributed by atoms with Crippen molar-refractivity contribution in [2.75, 3.05) is 30.1 Å². The summed E-state index contributed by atoms with van der Waals surface area (Å²) < 4.78 is 33.5. The predicted octanol–water partition coefficient (Wildman–Crippen LogP) is 2.50.